The zero-order chi connectivity index (χ0) is 18.7. The minimum atomic E-state index is -0.749. The van der Waals surface area contributed by atoms with Crippen LogP contribution < -0.4 is 0 Å². The molecule has 0 atom stereocenters. The molecule has 0 spiro atoms. The van der Waals surface area contributed by atoms with E-state index in [1.54, 1.807) is 13.8 Å². The van der Waals surface area contributed by atoms with Gasteiger partial charge in [0, 0.05) is 0 Å². The van der Waals surface area contributed by atoms with E-state index in [0.29, 0.717) is 6.42 Å². The molecule has 1 aliphatic carbocycles. The van der Waals surface area contributed by atoms with Gasteiger partial charge in [-0.1, -0.05) is 18.2 Å². The largest absolute Gasteiger partial charge is 0.481 e. The summed E-state index contributed by atoms with van der Waals surface area (Å²) in [4.78, 5) is 22.5. The van der Waals surface area contributed by atoms with E-state index in [9.17, 15) is 19.8 Å². The fourth-order valence-corrected chi connectivity index (χ4v) is 3.51. The zero-order valence-electron chi connectivity index (χ0n) is 15.6. The smallest absolute Gasteiger partial charge is 0.309 e. The average Bonchev–Trinajstić information content (AvgIpc) is 3.31. The number of carboxylic acid groups (broad SMARTS) is 2. The molecule has 0 amide bonds. The van der Waals surface area contributed by atoms with Gasteiger partial charge in [0.15, 0.2) is 0 Å². The highest BCUT2D eigenvalue weighted by molar-refractivity contribution is 5.77. The molecule has 1 fully saturated rings. The maximum Gasteiger partial charge on any atom is 0.309 e. The lowest BCUT2D eigenvalue weighted by atomic mass is 9.85. The van der Waals surface area contributed by atoms with Gasteiger partial charge in [-0.2, -0.15) is 0 Å². The van der Waals surface area contributed by atoms with Gasteiger partial charge in [-0.25, -0.2) is 0 Å². The Morgan fingerprint density at radius 2 is 1.80 bits per heavy atom. The molecule has 4 nitrogen and oxygen atoms in total. The standard InChI is InChI=1S/C21H30O4/c1-15-7-4-8-16(9-5-12-21(13-14-21)19(24)25)17(15)10-6-11-20(2,3)18(22)23/h4,7-8H,5-6,9-14H2,1-3H3,(H,22,23)(H,24,25). The summed E-state index contributed by atoms with van der Waals surface area (Å²) in [6.07, 6.45) is 6.54. The second-order valence-corrected chi connectivity index (χ2v) is 8.19. The van der Waals surface area contributed by atoms with Crippen molar-refractivity contribution >= 4 is 11.9 Å². The Balaban J connectivity index is 1.94. The third-order valence-electron chi connectivity index (χ3n) is 5.72. The lowest BCUT2D eigenvalue weighted by Gasteiger charge is -2.20. The highest BCUT2D eigenvalue weighted by Gasteiger charge is 2.49. The van der Waals surface area contributed by atoms with Crippen molar-refractivity contribution in [3.8, 4) is 0 Å². The van der Waals surface area contributed by atoms with Crippen LogP contribution in [0.15, 0.2) is 18.2 Å². The number of aryl methyl sites for hydroxylation is 2. The molecule has 0 aromatic heterocycles. The molecule has 0 aliphatic heterocycles. The predicted octanol–water partition coefficient (Wildman–Crippen LogP) is 4.62. The van der Waals surface area contributed by atoms with Gasteiger partial charge in [0.2, 0.25) is 0 Å². The van der Waals surface area contributed by atoms with Crippen LogP contribution >= 0.6 is 0 Å². The quantitative estimate of drug-likeness (QED) is 0.648. The van der Waals surface area contributed by atoms with Crippen molar-refractivity contribution in [2.75, 3.05) is 0 Å². The fourth-order valence-electron chi connectivity index (χ4n) is 3.51. The van der Waals surface area contributed by atoms with Gasteiger partial charge in [0.05, 0.1) is 10.8 Å². The summed E-state index contributed by atoms with van der Waals surface area (Å²) in [5.41, 5.74) is 2.70. The molecular weight excluding hydrogens is 316 g/mol. The van der Waals surface area contributed by atoms with Gasteiger partial charge >= 0.3 is 11.9 Å². The van der Waals surface area contributed by atoms with Crippen molar-refractivity contribution in [2.24, 2.45) is 10.8 Å². The summed E-state index contributed by atoms with van der Waals surface area (Å²) in [7, 11) is 0. The maximum atomic E-state index is 11.3. The molecular formula is C21H30O4. The SMILES string of the molecule is Cc1cccc(CCCC2(C(=O)O)CC2)c1CCCC(C)(C)C(=O)O. The number of carbonyl (C=O) groups is 2. The Morgan fingerprint density at radius 3 is 2.36 bits per heavy atom. The van der Waals surface area contributed by atoms with Crippen molar-refractivity contribution in [3.63, 3.8) is 0 Å². The monoisotopic (exact) mass is 346 g/mol. The van der Waals surface area contributed by atoms with E-state index in [2.05, 4.69) is 25.1 Å². The topological polar surface area (TPSA) is 74.6 Å². The molecule has 0 bridgehead atoms. The summed E-state index contributed by atoms with van der Waals surface area (Å²) in [5.74, 6) is -1.39. The van der Waals surface area contributed by atoms with E-state index >= 15 is 0 Å². The summed E-state index contributed by atoms with van der Waals surface area (Å²) in [6, 6.07) is 6.28. The van der Waals surface area contributed by atoms with Crippen LogP contribution in [0.2, 0.25) is 0 Å². The molecule has 1 aromatic rings. The van der Waals surface area contributed by atoms with Crippen LogP contribution in [0.3, 0.4) is 0 Å². The van der Waals surface area contributed by atoms with Crippen molar-refractivity contribution in [1.29, 1.82) is 0 Å². The Kier molecular flexibility index (Phi) is 5.91. The molecule has 2 N–H and O–H groups in total. The summed E-state index contributed by atoms with van der Waals surface area (Å²) < 4.78 is 0. The Hall–Kier alpha value is -1.84. The minimum Gasteiger partial charge on any atom is -0.481 e. The van der Waals surface area contributed by atoms with Crippen molar-refractivity contribution in [2.45, 2.75) is 72.1 Å². The van der Waals surface area contributed by atoms with E-state index in [4.69, 9.17) is 0 Å². The molecule has 138 valence electrons. The number of hydrogen-bond donors (Lipinski definition) is 2. The van der Waals surface area contributed by atoms with E-state index in [1.807, 2.05) is 0 Å². The first-order valence-electron chi connectivity index (χ1n) is 9.22. The third-order valence-corrected chi connectivity index (χ3v) is 5.72. The third kappa shape index (κ3) is 4.83. The van der Waals surface area contributed by atoms with E-state index in [-0.39, 0.29) is 0 Å². The first-order valence-corrected chi connectivity index (χ1v) is 9.22. The predicted molar refractivity (Wildman–Crippen MR) is 97.8 cm³/mol. The van der Waals surface area contributed by atoms with E-state index < -0.39 is 22.8 Å². The average molecular weight is 346 g/mol. The molecule has 0 unspecified atom stereocenters. The number of benzene rings is 1. The van der Waals surface area contributed by atoms with Gasteiger partial charge in [-0.3, -0.25) is 9.59 Å². The van der Waals surface area contributed by atoms with Crippen molar-refractivity contribution in [3.05, 3.63) is 34.9 Å². The first-order chi connectivity index (χ1) is 11.7. The molecule has 1 saturated carbocycles. The number of hydrogen-bond acceptors (Lipinski definition) is 2. The molecule has 0 heterocycles. The minimum absolute atomic E-state index is 0.449. The van der Waals surface area contributed by atoms with Crippen molar-refractivity contribution < 1.29 is 19.8 Å². The van der Waals surface area contributed by atoms with Gasteiger partial charge in [0.25, 0.3) is 0 Å². The number of rotatable bonds is 10. The van der Waals surface area contributed by atoms with Gasteiger partial charge < -0.3 is 10.2 Å². The van der Waals surface area contributed by atoms with E-state index in [1.165, 1.54) is 16.7 Å². The molecule has 0 saturated heterocycles. The number of aliphatic carboxylic acids is 2. The zero-order valence-corrected chi connectivity index (χ0v) is 15.6. The molecule has 1 aromatic carbocycles. The van der Waals surface area contributed by atoms with Crippen LogP contribution in [-0.4, -0.2) is 22.2 Å². The molecule has 25 heavy (non-hydrogen) atoms. The lowest BCUT2D eigenvalue weighted by Crippen LogP contribution is -2.23. The Bertz CT molecular complexity index is 641. The van der Waals surface area contributed by atoms with Gasteiger partial charge in [-0.15, -0.1) is 0 Å². The molecule has 4 heteroatoms. The van der Waals surface area contributed by atoms with Gasteiger partial charge in [0.1, 0.15) is 0 Å². The van der Waals surface area contributed by atoms with Crippen LogP contribution in [0, 0.1) is 17.8 Å². The Morgan fingerprint density at radius 1 is 1.12 bits per heavy atom. The summed E-state index contributed by atoms with van der Waals surface area (Å²) in [6.45, 7) is 5.64. The second kappa shape index (κ2) is 7.59. The molecule has 0 radical (unpaired) electrons. The highest BCUT2D eigenvalue weighted by atomic mass is 16.4. The van der Waals surface area contributed by atoms with Gasteiger partial charge in [-0.05, 0) is 88.8 Å². The fraction of sp³-hybridized carbons (Fsp3) is 0.619. The lowest BCUT2D eigenvalue weighted by molar-refractivity contribution is -0.147. The molecule has 2 rings (SSSR count). The summed E-state index contributed by atoms with van der Waals surface area (Å²) >= 11 is 0. The van der Waals surface area contributed by atoms with Crippen LogP contribution in [0.1, 0.15) is 69.1 Å². The van der Waals surface area contributed by atoms with Crippen LogP contribution in [0.25, 0.3) is 0 Å². The maximum absolute atomic E-state index is 11.3. The molecule has 1 aliphatic rings. The van der Waals surface area contributed by atoms with Crippen LogP contribution in [-0.2, 0) is 22.4 Å². The van der Waals surface area contributed by atoms with Crippen LogP contribution in [0.4, 0.5) is 0 Å². The second-order valence-electron chi connectivity index (χ2n) is 8.19. The Labute approximate surface area is 150 Å². The van der Waals surface area contributed by atoms with E-state index in [0.717, 1.165) is 44.9 Å². The van der Waals surface area contributed by atoms with Crippen molar-refractivity contribution in [1.82, 2.24) is 0 Å². The number of carboxylic acids is 2. The summed E-state index contributed by atoms with van der Waals surface area (Å²) in [5, 5.41) is 18.5. The van der Waals surface area contributed by atoms with Crippen LogP contribution in [0.5, 0.6) is 0 Å². The first kappa shape index (κ1) is 19.5. The highest BCUT2D eigenvalue weighted by Crippen LogP contribution is 2.50. The normalized spacial score (nSPS) is 15.8.